The topological polar surface area (TPSA) is 199 Å². The first-order chi connectivity index (χ1) is 26.7. The molecule has 0 spiro atoms. The Morgan fingerprint density at radius 1 is 0.727 bits per heavy atom. The SMILES string of the molecule is BrCC1CCOCC1.Brc1cn[nH]c1.Brc1cnn(CC2CCOCC2)c1.Nc1ccc[nH]c1=O.Nc1cccn(-c2cnn(CC3CCOCC3)c2)c1=O. The standard InChI is InChI=1S/C14H18N4O2.C9H13BrN2O.C6H11BrO.C5H6N2O.C3H3BrN2/c15-13-2-1-5-18(14(13)19)12-8-16-17(10-12)9-11-3-6-20-7-4-11;10-9-5-11-12(7-9)6-8-1-3-13-4-2-8;7-5-6-1-3-8-4-2-6;6-4-2-1-3-7-5(4)8;4-3-1-5-6-2-3/h1-2,5,8,10-11H,3-4,6-7,9,15H2;5,7-8H,1-4,6H2;6H,1-5H2;1-3H,6H2,(H,7,8);1-2H,(H,5,6). The summed E-state index contributed by atoms with van der Waals surface area (Å²) in [6, 6.07) is 6.59. The number of aromatic nitrogens is 8. The zero-order chi connectivity index (χ0) is 39.3. The van der Waals surface area contributed by atoms with Crippen molar-refractivity contribution >= 4 is 59.2 Å². The molecule has 0 aliphatic carbocycles. The normalized spacial score (nSPS) is 16.2. The third-order valence-corrected chi connectivity index (χ3v) is 10.7. The molecule has 55 heavy (non-hydrogen) atoms. The molecular formula is C37H51Br3N10O5. The molecule has 0 aromatic carbocycles. The van der Waals surface area contributed by atoms with E-state index in [-0.39, 0.29) is 22.5 Å². The van der Waals surface area contributed by atoms with Gasteiger partial charge in [0, 0.05) is 89.0 Å². The molecule has 8 heterocycles. The molecule has 0 saturated carbocycles. The van der Waals surface area contributed by atoms with Gasteiger partial charge in [-0.05, 0) is 112 Å². The van der Waals surface area contributed by atoms with Crippen LogP contribution >= 0.6 is 47.8 Å². The number of nitrogens with zero attached hydrogens (tertiary/aromatic N) is 6. The maximum absolute atomic E-state index is 12.0. The minimum absolute atomic E-state index is 0.210. The van der Waals surface area contributed by atoms with Gasteiger partial charge in [-0.2, -0.15) is 15.3 Å². The first-order valence-electron chi connectivity index (χ1n) is 18.3. The van der Waals surface area contributed by atoms with Gasteiger partial charge in [-0.3, -0.25) is 28.6 Å². The van der Waals surface area contributed by atoms with Crippen molar-refractivity contribution in [1.82, 2.24) is 39.3 Å². The smallest absolute Gasteiger partial charge is 0.278 e. The van der Waals surface area contributed by atoms with Gasteiger partial charge >= 0.3 is 0 Å². The van der Waals surface area contributed by atoms with Crippen LogP contribution in [0.3, 0.4) is 0 Å². The second-order valence-electron chi connectivity index (χ2n) is 13.1. The summed E-state index contributed by atoms with van der Waals surface area (Å²) in [7, 11) is 0. The Hall–Kier alpha value is -3.55. The zero-order valence-electron chi connectivity index (χ0n) is 30.8. The van der Waals surface area contributed by atoms with Crippen molar-refractivity contribution < 1.29 is 14.2 Å². The number of nitrogens with one attached hydrogen (secondary N) is 2. The van der Waals surface area contributed by atoms with Crippen LogP contribution in [0.5, 0.6) is 0 Å². The number of rotatable bonds is 6. The molecule has 5 aromatic heterocycles. The summed E-state index contributed by atoms with van der Waals surface area (Å²) in [5, 5.41) is 16.0. The van der Waals surface area contributed by atoms with E-state index in [0.29, 0.717) is 5.92 Å². The highest BCUT2D eigenvalue weighted by atomic mass is 79.9. The number of aromatic amines is 2. The number of H-pyrrole nitrogens is 2. The Balaban J connectivity index is 0.000000165. The van der Waals surface area contributed by atoms with Crippen LogP contribution in [-0.4, -0.2) is 84.3 Å². The fraction of sp³-hybridized carbons (Fsp3) is 0.486. The number of ether oxygens (including phenoxy) is 3. The monoisotopic (exact) mass is 952 g/mol. The molecule has 8 rings (SSSR count). The largest absolute Gasteiger partial charge is 0.394 e. The highest BCUT2D eigenvalue weighted by Gasteiger charge is 2.16. The molecule has 6 N–H and O–H groups in total. The van der Waals surface area contributed by atoms with Crippen molar-refractivity contribution in [2.75, 3.05) is 56.4 Å². The van der Waals surface area contributed by atoms with E-state index < -0.39 is 0 Å². The predicted octanol–water partition coefficient (Wildman–Crippen LogP) is 6.05. The molecule has 0 bridgehead atoms. The molecular weight excluding hydrogens is 904 g/mol. The van der Waals surface area contributed by atoms with E-state index in [1.54, 1.807) is 55.2 Å². The molecule has 0 radical (unpaired) electrons. The molecule has 15 nitrogen and oxygen atoms in total. The number of anilines is 2. The van der Waals surface area contributed by atoms with Gasteiger partial charge in [0.25, 0.3) is 11.1 Å². The van der Waals surface area contributed by atoms with Crippen LogP contribution < -0.4 is 22.6 Å². The van der Waals surface area contributed by atoms with Gasteiger partial charge in [-0.1, -0.05) is 15.9 Å². The fourth-order valence-corrected chi connectivity index (χ4v) is 6.87. The molecule has 3 aliphatic rings. The quantitative estimate of drug-likeness (QED) is 0.145. The van der Waals surface area contributed by atoms with Gasteiger partial charge in [-0.25, -0.2) is 0 Å². The highest BCUT2D eigenvalue weighted by molar-refractivity contribution is 9.10. The number of halogens is 3. The molecule has 18 heteroatoms. The van der Waals surface area contributed by atoms with Crippen molar-refractivity contribution in [3.63, 3.8) is 0 Å². The molecule has 3 aliphatic heterocycles. The van der Waals surface area contributed by atoms with E-state index >= 15 is 0 Å². The Labute approximate surface area is 345 Å². The lowest BCUT2D eigenvalue weighted by molar-refractivity contribution is 0.0600. The summed E-state index contributed by atoms with van der Waals surface area (Å²) in [5.41, 5.74) is 11.6. The molecule has 3 saturated heterocycles. The number of hydrogen-bond acceptors (Lipinski definition) is 10. The third-order valence-electron chi connectivity index (χ3n) is 8.92. The second kappa shape index (κ2) is 24.9. The molecule has 0 atom stereocenters. The van der Waals surface area contributed by atoms with Crippen LogP contribution in [0.15, 0.2) is 92.4 Å². The summed E-state index contributed by atoms with van der Waals surface area (Å²) in [6.45, 7) is 7.29. The summed E-state index contributed by atoms with van der Waals surface area (Å²) < 4.78 is 23.3. The molecule has 0 amide bonds. The number of pyridine rings is 2. The van der Waals surface area contributed by atoms with Crippen LogP contribution in [0.1, 0.15) is 38.5 Å². The zero-order valence-corrected chi connectivity index (χ0v) is 35.5. The van der Waals surface area contributed by atoms with E-state index in [1.807, 2.05) is 28.0 Å². The fourth-order valence-electron chi connectivity index (χ4n) is 5.69. The maximum Gasteiger partial charge on any atom is 0.278 e. The molecule has 3 fully saturated rings. The maximum atomic E-state index is 12.0. The summed E-state index contributed by atoms with van der Waals surface area (Å²) in [6.07, 6.45) is 21.1. The van der Waals surface area contributed by atoms with Crippen LogP contribution in [0.4, 0.5) is 11.4 Å². The van der Waals surface area contributed by atoms with Crippen molar-refractivity contribution in [2.45, 2.75) is 51.6 Å². The number of hydrogen-bond donors (Lipinski definition) is 4. The predicted molar refractivity (Wildman–Crippen MR) is 224 cm³/mol. The highest BCUT2D eigenvalue weighted by Crippen LogP contribution is 2.19. The first kappa shape index (κ1) is 44.2. The second-order valence-corrected chi connectivity index (χ2v) is 15.6. The average molecular weight is 956 g/mol. The van der Waals surface area contributed by atoms with E-state index in [9.17, 15) is 9.59 Å². The van der Waals surface area contributed by atoms with Crippen molar-refractivity contribution in [3.05, 3.63) is 103 Å². The summed E-state index contributed by atoms with van der Waals surface area (Å²) in [5.74, 6) is 2.21. The Morgan fingerprint density at radius 3 is 1.73 bits per heavy atom. The minimum Gasteiger partial charge on any atom is -0.394 e. The number of nitrogen functional groups attached to an aromatic ring is 2. The lowest BCUT2D eigenvalue weighted by atomic mass is 10.0. The third kappa shape index (κ3) is 16.6. The first-order valence-corrected chi connectivity index (χ1v) is 21.0. The Bertz CT molecular complexity index is 1880. The number of nitrogens with two attached hydrogens (primary N) is 2. The number of alkyl halides is 1. The van der Waals surface area contributed by atoms with Gasteiger partial charge in [0.2, 0.25) is 0 Å². The van der Waals surface area contributed by atoms with Crippen LogP contribution in [-0.2, 0) is 27.3 Å². The van der Waals surface area contributed by atoms with Gasteiger partial charge in [0.1, 0.15) is 0 Å². The molecule has 0 unspecified atom stereocenters. The van der Waals surface area contributed by atoms with E-state index in [4.69, 9.17) is 25.7 Å². The van der Waals surface area contributed by atoms with Crippen molar-refractivity contribution in [1.29, 1.82) is 0 Å². The van der Waals surface area contributed by atoms with Crippen LogP contribution in [0.25, 0.3) is 5.69 Å². The van der Waals surface area contributed by atoms with Crippen LogP contribution in [0, 0.1) is 17.8 Å². The van der Waals surface area contributed by atoms with Crippen molar-refractivity contribution in [3.8, 4) is 5.69 Å². The van der Waals surface area contributed by atoms with Crippen LogP contribution in [0.2, 0.25) is 0 Å². The van der Waals surface area contributed by atoms with E-state index in [0.717, 1.165) is 110 Å². The minimum atomic E-state index is -0.229. The molecule has 5 aromatic rings. The lowest BCUT2D eigenvalue weighted by Crippen LogP contribution is -2.21. The van der Waals surface area contributed by atoms with E-state index in [1.165, 1.54) is 17.4 Å². The summed E-state index contributed by atoms with van der Waals surface area (Å²) in [4.78, 5) is 24.8. The van der Waals surface area contributed by atoms with Gasteiger partial charge in [-0.15, -0.1) is 0 Å². The summed E-state index contributed by atoms with van der Waals surface area (Å²) >= 11 is 10.0. The van der Waals surface area contributed by atoms with Crippen molar-refractivity contribution in [2.24, 2.45) is 17.8 Å². The van der Waals surface area contributed by atoms with Gasteiger partial charge in [0.05, 0.1) is 44.6 Å². The van der Waals surface area contributed by atoms with E-state index in [2.05, 4.69) is 73.2 Å². The average Bonchev–Trinajstić information content (AvgIpc) is 3.99. The van der Waals surface area contributed by atoms with Gasteiger partial charge in [0.15, 0.2) is 0 Å². The van der Waals surface area contributed by atoms with Gasteiger partial charge < -0.3 is 30.7 Å². The Morgan fingerprint density at radius 2 is 1.29 bits per heavy atom. The lowest BCUT2D eigenvalue weighted by Gasteiger charge is -2.21. The Kier molecular flexibility index (Phi) is 20.0. The molecule has 300 valence electrons.